The molecule has 6 aromatic rings. The summed E-state index contributed by atoms with van der Waals surface area (Å²) in [4.78, 5) is 2.37. The van der Waals surface area contributed by atoms with Crippen molar-refractivity contribution < 1.29 is 0 Å². The first-order valence-electron chi connectivity index (χ1n) is 11.7. The lowest BCUT2D eigenvalue weighted by Gasteiger charge is -2.28. The van der Waals surface area contributed by atoms with Gasteiger partial charge in [0.1, 0.15) is 0 Å². The molecule has 6 rings (SSSR count). The number of hydrogen-bond acceptors (Lipinski definition) is 2. The zero-order chi connectivity index (χ0) is 23.2. The normalized spacial score (nSPS) is 11.4. The van der Waals surface area contributed by atoms with Crippen LogP contribution in [0.1, 0.15) is 11.1 Å². The molecule has 0 unspecified atom stereocenters. The highest BCUT2D eigenvalue weighted by atomic mass is 15.1. The number of benzene rings is 6. The standard InChI is InChI=1S/C32H26N2/c1-21-11-15-23(16-12-21)34(24-17-13-22(2)14-18-24)32-20-30-25-7-3-5-9-27(25)31(33)19-29(30)26-8-4-6-10-28(26)32/h3-20H,33H2,1-2H3. The van der Waals surface area contributed by atoms with Crippen molar-refractivity contribution in [1.29, 1.82) is 0 Å². The number of nitrogens with two attached hydrogens (primary N) is 1. The number of fused-ring (bicyclic) bond motifs is 5. The van der Waals surface area contributed by atoms with E-state index in [1.807, 2.05) is 0 Å². The first-order valence-corrected chi connectivity index (χ1v) is 11.7. The maximum atomic E-state index is 6.51. The Kier molecular flexibility index (Phi) is 4.74. The Morgan fingerprint density at radius 1 is 0.471 bits per heavy atom. The molecule has 0 saturated heterocycles. The van der Waals surface area contributed by atoms with Crippen molar-refractivity contribution in [3.63, 3.8) is 0 Å². The van der Waals surface area contributed by atoms with Gasteiger partial charge in [0, 0.05) is 27.8 Å². The Morgan fingerprint density at radius 2 is 0.912 bits per heavy atom. The van der Waals surface area contributed by atoms with Gasteiger partial charge in [-0.15, -0.1) is 0 Å². The molecular weight excluding hydrogens is 412 g/mol. The molecule has 0 spiro atoms. The molecule has 0 aliphatic rings. The van der Waals surface area contributed by atoms with Crippen LogP contribution in [0.2, 0.25) is 0 Å². The first kappa shape index (κ1) is 20.3. The number of rotatable bonds is 3. The van der Waals surface area contributed by atoms with Gasteiger partial charge in [-0.1, -0.05) is 83.9 Å². The summed E-state index contributed by atoms with van der Waals surface area (Å²) in [5.41, 5.74) is 13.3. The number of aryl methyl sites for hydroxylation is 2. The lowest BCUT2D eigenvalue weighted by Crippen LogP contribution is -2.10. The van der Waals surface area contributed by atoms with E-state index in [4.69, 9.17) is 5.73 Å². The van der Waals surface area contributed by atoms with Gasteiger partial charge in [-0.3, -0.25) is 0 Å². The fourth-order valence-corrected chi connectivity index (χ4v) is 4.96. The molecule has 0 saturated carbocycles. The van der Waals surface area contributed by atoms with E-state index in [-0.39, 0.29) is 0 Å². The summed E-state index contributed by atoms with van der Waals surface area (Å²) in [6, 6.07) is 39.1. The van der Waals surface area contributed by atoms with E-state index >= 15 is 0 Å². The number of hydrogen-bond donors (Lipinski definition) is 1. The molecule has 164 valence electrons. The van der Waals surface area contributed by atoms with Crippen LogP contribution in [0.15, 0.2) is 109 Å². The molecule has 34 heavy (non-hydrogen) atoms. The average molecular weight is 439 g/mol. The Bertz CT molecular complexity index is 1620. The molecule has 0 radical (unpaired) electrons. The highest BCUT2D eigenvalue weighted by molar-refractivity contribution is 6.23. The Hall–Kier alpha value is -4.30. The van der Waals surface area contributed by atoms with E-state index in [0.717, 1.165) is 28.1 Å². The van der Waals surface area contributed by atoms with Gasteiger partial charge in [0.05, 0.1) is 5.69 Å². The first-order chi connectivity index (χ1) is 16.6. The van der Waals surface area contributed by atoms with E-state index in [9.17, 15) is 0 Å². The summed E-state index contributed by atoms with van der Waals surface area (Å²) in [5, 5.41) is 7.07. The molecule has 0 aliphatic carbocycles. The summed E-state index contributed by atoms with van der Waals surface area (Å²) >= 11 is 0. The van der Waals surface area contributed by atoms with Gasteiger partial charge in [0.25, 0.3) is 0 Å². The molecule has 2 N–H and O–H groups in total. The lowest BCUT2D eigenvalue weighted by molar-refractivity contribution is 1.28. The molecule has 0 aromatic heterocycles. The van der Waals surface area contributed by atoms with Gasteiger partial charge in [-0.2, -0.15) is 0 Å². The number of anilines is 4. The molecule has 0 bridgehead atoms. The van der Waals surface area contributed by atoms with Crippen molar-refractivity contribution >= 4 is 55.1 Å². The molecular formula is C32H26N2. The minimum Gasteiger partial charge on any atom is -0.398 e. The van der Waals surface area contributed by atoms with Crippen LogP contribution < -0.4 is 10.6 Å². The van der Waals surface area contributed by atoms with E-state index in [1.165, 1.54) is 38.1 Å². The fraction of sp³-hybridized carbons (Fsp3) is 0.0625. The van der Waals surface area contributed by atoms with Crippen molar-refractivity contribution in [2.45, 2.75) is 13.8 Å². The zero-order valence-corrected chi connectivity index (χ0v) is 19.4. The Labute approximate surface area is 199 Å². The average Bonchev–Trinajstić information content (AvgIpc) is 2.87. The lowest BCUT2D eigenvalue weighted by atomic mass is 9.94. The highest BCUT2D eigenvalue weighted by Crippen LogP contribution is 2.44. The zero-order valence-electron chi connectivity index (χ0n) is 19.4. The van der Waals surface area contributed by atoms with Gasteiger partial charge >= 0.3 is 0 Å². The van der Waals surface area contributed by atoms with Crippen LogP contribution in [0.5, 0.6) is 0 Å². The second kappa shape index (κ2) is 7.93. The van der Waals surface area contributed by atoms with Crippen LogP contribution in [0, 0.1) is 13.8 Å². The van der Waals surface area contributed by atoms with Crippen LogP contribution in [0.4, 0.5) is 22.7 Å². The van der Waals surface area contributed by atoms with Gasteiger partial charge in [-0.25, -0.2) is 0 Å². The van der Waals surface area contributed by atoms with Crippen molar-refractivity contribution in [3.05, 3.63) is 120 Å². The maximum absolute atomic E-state index is 6.51. The third-order valence-corrected chi connectivity index (χ3v) is 6.72. The summed E-state index contributed by atoms with van der Waals surface area (Å²) < 4.78 is 0. The largest absolute Gasteiger partial charge is 0.398 e. The molecule has 0 heterocycles. The van der Waals surface area contributed by atoms with Crippen LogP contribution in [0.25, 0.3) is 32.3 Å². The molecule has 2 nitrogen and oxygen atoms in total. The maximum Gasteiger partial charge on any atom is 0.0546 e. The Morgan fingerprint density at radius 3 is 1.47 bits per heavy atom. The van der Waals surface area contributed by atoms with Gasteiger partial charge in [0.15, 0.2) is 0 Å². The second-order valence-corrected chi connectivity index (χ2v) is 9.05. The quantitative estimate of drug-likeness (QED) is 0.221. The van der Waals surface area contributed by atoms with Crippen molar-refractivity contribution in [2.24, 2.45) is 0 Å². The third-order valence-electron chi connectivity index (χ3n) is 6.72. The van der Waals surface area contributed by atoms with Crippen LogP contribution in [0.3, 0.4) is 0 Å². The van der Waals surface area contributed by atoms with E-state index in [2.05, 4.69) is 128 Å². The topological polar surface area (TPSA) is 29.3 Å². The summed E-state index contributed by atoms with van der Waals surface area (Å²) in [7, 11) is 0. The van der Waals surface area contributed by atoms with Crippen LogP contribution in [-0.4, -0.2) is 0 Å². The fourth-order valence-electron chi connectivity index (χ4n) is 4.96. The molecule has 0 aliphatic heterocycles. The SMILES string of the molecule is Cc1ccc(N(c2ccc(C)cc2)c2cc3c4ccccc4c(N)cc3c3ccccc23)cc1. The molecule has 2 heteroatoms. The minimum absolute atomic E-state index is 0.815. The van der Waals surface area contributed by atoms with E-state index in [0.29, 0.717) is 0 Å². The minimum atomic E-state index is 0.815. The predicted octanol–water partition coefficient (Wildman–Crippen LogP) is 8.82. The van der Waals surface area contributed by atoms with Crippen molar-refractivity contribution in [2.75, 3.05) is 10.6 Å². The van der Waals surface area contributed by atoms with Gasteiger partial charge in [-0.05, 0) is 71.8 Å². The van der Waals surface area contributed by atoms with E-state index < -0.39 is 0 Å². The van der Waals surface area contributed by atoms with Crippen LogP contribution in [-0.2, 0) is 0 Å². The number of nitrogens with zero attached hydrogens (tertiary/aromatic N) is 1. The predicted molar refractivity (Wildman–Crippen MR) is 148 cm³/mol. The molecule has 0 amide bonds. The van der Waals surface area contributed by atoms with E-state index in [1.54, 1.807) is 0 Å². The van der Waals surface area contributed by atoms with Crippen molar-refractivity contribution in [3.8, 4) is 0 Å². The van der Waals surface area contributed by atoms with Crippen LogP contribution >= 0.6 is 0 Å². The Balaban J connectivity index is 1.75. The second-order valence-electron chi connectivity index (χ2n) is 9.05. The van der Waals surface area contributed by atoms with Crippen molar-refractivity contribution in [1.82, 2.24) is 0 Å². The molecule has 0 atom stereocenters. The summed E-state index contributed by atoms with van der Waals surface area (Å²) in [6.07, 6.45) is 0. The van der Waals surface area contributed by atoms with Gasteiger partial charge in [0.2, 0.25) is 0 Å². The molecule has 0 fully saturated rings. The highest BCUT2D eigenvalue weighted by Gasteiger charge is 2.18. The summed E-state index contributed by atoms with van der Waals surface area (Å²) in [5.74, 6) is 0. The van der Waals surface area contributed by atoms with Gasteiger partial charge < -0.3 is 10.6 Å². The molecule has 6 aromatic carbocycles. The summed E-state index contributed by atoms with van der Waals surface area (Å²) in [6.45, 7) is 4.25. The smallest absolute Gasteiger partial charge is 0.0546 e. The monoisotopic (exact) mass is 438 g/mol. The third kappa shape index (κ3) is 3.27. The number of nitrogen functional groups attached to an aromatic ring is 1.